The molecule has 4 aliphatic carbocycles. The zero-order valence-electron chi connectivity index (χ0n) is 35.1. The van der Waals surface area contributed by atoms with Crippen molar-refractivity contribution < 1.29 is 79.9 Å². The average Bonchev–Trinajstić information content (AvgIpc) is 3.34. The molecule has 0 amide bonds. The van der Waals surface area contributed by atoms with Crippen LogP contribution in [-0.2, 0) is 23.7 Å². The highest BCUT2D eigenvalue weighted by Crippen LogP contribution is 2.74. The first-order valence-electron chi connectivity index (χ1n) is 21.0. The van der Waals surface area contributed by atoms with Crippen LogP contribution in [0, 0.1) is 39.4 Å². The second-order valence-corrected chi connectivity index (χ2v) is 20.5. The minimum Gasteiger partial charge on any atom is -0.394 e. The SMILES string of the molecule is CC(C)(O)CC[C@H](O)[C@](C)(O)[C@H]1[C@H](O)C[C@@]2(C)[C@@H]3CC=C4[C@@H](CC[C@H](O[C@@H]5O[C@H](CO[C@@H]6O[C@H](CO)[C@@H](O)[C@H](O)[C@H]6O)[C@@H](O)[C@H](O)[C@H]5O)C4(C)C)[C@]3(C)C(=O)C[C@]12C. The molecule has 58 heavy (non-hydrogen) atoms. The highest BCUT2D eigenvalue weighted by Gasteiger charge is 2.74. The number of hydrogen-bond donors (Lipinski definition) is 11. The van der Waals surface area contributed by atoms with Gasteiger partial charge in [0.05, 0.1) is 42.7 Å². The minimum atomic E-state index is -1.74. The van der Waals surface area contributed by atoms with Crippen molar-refractivity contribution in [3.63, 3.8) is 0 Å². The van der Waals surface area contributed by atoms with Gasteiger partial charge in [0.1, 0.15) is 54.6 Å². The Bertz CT molecular complexity index is 1530. The molecule has 0 unspecified atom stereocenters. The van der Waals surface area contributed by atoms with E-state index in [2.05, 4.69) is 13.0 Å². The van der Waals surface area contributed by atoms with E-state index in [1.165, 1.54) is 6.92 Å². The van der Waals surface area contributed by atoms with Gasteiger partial charge in [-0.1, -0.05) is 46.3 Å². The number of rotatable bonds is 11. The van der Waals surface area contributed by atoms with E-state index >= 15 is 0 Å². The van der Waals surface area contributed by atoms with Gasteiger partial charge in [0.15, 0.2) is 12.6 Å². The molecule has 16 heteroatoms. The Morgan fingerprint density at radius 3 is 2.02 bits per heavy atom. The van der Waals surface area contributed by atoms with Gasteiger partial charge in [0.2, 0.25) is 0 Å². The summed E-state index contributed by atoms with van der Waals surface area (Å²) in [6.45, 7) is 13.8. The maximum atomic E-state index is 14.8. The first kappa shape index (κ1) is 46.3. The minimum absolute atomic E-state index is 0.0366. The van der Waals surface area contributed by atoms with Gasteiger partial charge >= 0.3 is 0 Å². The summed E-state index contributed by atoms with van der Waals surface area (Å²) in [5.41, 5.74) is -4.74. The number of aliphatic hydroxyl groups is 11. The molecule has 2 saturated heterocycles. The number of allylic oxidation sites excluding steroid dienone is 1. The summed E-state index contributed by atoms with van der Waals surface area (Å²) >= 11 is 0. The van der Waals surface area contributed by atoms with Crippen LogP contribution in [0.3, 0.4) is 0 Å². The lowest BCUT2D eigenvalue weighted by Gasteiger charge is -2.65. The van der Waals surface area contributed by atoms with Gasteiger partial charge < -0.3 is 75.1 Å². The Morgan fingerprint density at radius 2 is 1.41 bits per heavy atom. The van der Waals surface area contributed by atoms with Gasteiger partial charge in [0, 0.05) is 23.2 Å². The van der Waals surface area contributed by atoms with Gasteiger partial charge in [-0.05, 0) is 82.0 Å². The third kappa shape index (κ3) is 7.36. The van der Waals surface area contributed by atoms with Crippen LogP contribution in [-0.4, -0.2) is 166 Å². The van der Waals surface area contributed by atoms with Crippen molar-refractivity contribution in [1.29, 1.82) is 0 Å². The molecular weight excluding hydrogens is 760 g/mol. The molecule has 3 saturated carbocycles. The first-order valence-corrected chi connectivity index (χ1v) is 21.0. The van der Waals surface area contributed by atoms with Gasteiger partial charge in [-0.2, -0.15) is 0 Å². The largest absolute Gasteiger partial charge is 0.394 e. The van der Waals surface area contributed by atoms with Crippen molar-refractivity contribution in [2.45, 2.75) is 191 Å². The van der Waals surface area contributed by atoms with E-state index in [4.69, 9.17) is 18.9 Å². The standard InChI is InChI=1S/C42H70O16/c1-37(2,53)14-13-25(45)42(8,54)34-21(44)15-39(5)24-11-9-19-20(41(24,7)26(46)16-40(34,39)6)10-12-27(38(19,3)4)58-36-33(52)31(50)29(48)23(57-36)18-55-35-32(51)30(49)28(47)22(17-43)56-35/h9,20-25,27-36,43-45,47-54H,10-18H2,1-8H3/t20-,21-,22-,23-,24+,25+,27+,28-,29-,30+,31+,32-,33-,34+,35-,36+,39+,40-,41+,42+/m1/s1. The predicted octanol–water partition coefficient (Wildman–Crippen LogP) is -0.586. The van der Waals surface area contributed by atoms with Crippen LogP contribution in [0.15, 0.2) is 11.6 Å². The second-order valence-electron chi connectivity index (χ2n) is 20.5. The first-order chi connectivity index (χ1) is 26.7. The molecule has 20 atom stereocenters. The number of Topliss-reactive ketones (excluding diaryl/α,β-unsaturated/α-hetero) is 1. The maximum Gasteiger partial charge on any atom is 0.187 e. The van der Waals surface area contributed by atoms with Crippen LogP contribution >= 0.6 is 0 Å². The molecule has 334 valence electrons. The van der Waals surface area contributed by atoms with E-state index < -0.39 is 132 Å². The molecule has 2 aliphatic heterocycles. The Hall–Kier alpha value is -1.19. The summed E-state index contributed by atoms with van der Waals surface area (Å²) in [7, 11) is 0. The fraction of sp³-hybridized carbons (Fsp3) is 0.929. The number of carbonyl (C=O) groups excluding carboxylic acids is 1. The quantitative estimate of drug-likeness (QED) is 0.116. The summed E-state index contributed by atoms with van der Waals surface area (Å²) in [6.07, 6.45) is -13.7. The van der Waals surface area contributed by atoms with Crippen molar-refractivity contribution in [3.05, 3.63) is 11.6 Å². The number of ketones is 1. The Kier molecular flexibility index (Phi) is 12.7. The van der Waals surface area contributed by atoms with Crippen molar-refractivity contribution in [1.82, 2.24) is 0 Å². The van der Waals surface area contributed by atoms with Crippen molar-refractivity contribution in [2.75, 3.05) is 13.2 Å². The summed E-state index contributed by atoms with van der Waals surface area (Å²) in [6, 6.07) is 0. The zero-order valence-corrected chi connectivity index (χ0v) is 35.1. The molecule has 0 aromatic carbocycles. The number of fused-ring (bicyclic) bond motifs is 5. The summed E-state index contributed by atoms with van der Waals surface area (Å²) in [5.74, 6) is -1.15. The summed E-state index contributed by atoms with van der Waals surface area (Å²) in [4.78, 5) is 14.8. The smallest absolute Gasteiger partial charge is 0.187 e. The second kappa shape index (κ2) is 15.9. The molecular formula is C42H70O16. The lowest BCUT2D eigenvalue weighted by Crippen LogP contribution is -2.65. The van der Waals surface area contributed by atoms with Gasteiger partial charge in [-0.15, -0.1) is 0 Å². The zero-order chi connectivity index (χ0) is 43.3. The highest BCUT2D eigenvalue weighted by atomic mass is 16.7. The van der Waals surface area contributed by atoms with Crippen LogP contribution in [0.1, 0.15) is 100 Å². The lowest BCUT2D eigenvalue weighted by molar-refractivity contribution is -0.340. The fourth-order valence-electron chi connectivity index (χ4n) is 12.5. The van der Waals surface area contributed by atoms with Crippen molar-refractivity contribution in [3.8, 4) is 0 Å². The average molecular weight is 831 g/mol. The number of ether oxygens (including phenoxy) is 4. The molecule has 0 aromatic heterocycles. The molecule has 0 radical (unpaired) electrons. The molecule has 6 rings (SSSR count). The summed E-state index contributed by atoms with van der Waals surface area (Å²) in [5, 5.41) is 118. The molecule has 16 nitrogen and oxygen atoms in total. The van der Waals surface area contributed by atoms with Gasteiger partial charge in [0.25, 0.3) is 0 Å². The normalized spacial score (nSPS) is 49.6. The third-order valence-corrected chi connectivity index (χ3v) is 16.1. The van der Waals surface area contributed by atoms with Crippen LogP contribution in [0.2, 0.25) is 0 Å². The molecule has 2 heterocycles. The van der Waals surface area contributed by atoms with E-state index in [1.807, 2.05) is 27.7 Å². The van der Waals surface area contributed by atoms with Crippen LogP contribution < -0.4 is 0 Å². The van der Waals surface area contributed by atoms with Gasteiger partial charge in [-0.25, -0.2) is 0 Å². The van der Waals surface area contributed by atoms with Crippen LogP contribution in [0.4, 0.5) is 0 Å². The summed E-state index contributed by atoms with van der Waals surface area (Å²) < 4.78 is 23.4. The number of carbonyl (C=O) groups is 1. The number of aliphatic hydroxyl groups excluding tert-OH is 9. The molecule has 11 N–H and O–H groups in total. The third-order valence-electron chi connectivity index (χ3n) is 16.1. The van der Waals surface area contributed by atoms with E-state index in [9.17, 15) is 61.0 Å². The Labute approximate surface area is 340 Å². The lowest BCUT2D eigenvalue weighted by atomic mass is 9.38. The molecule has 6 aliphatic rings. The van der Waals surface area contributed by atoms with Gasteiger partial charge in [-0.3, -0.25) is 4.79 Å². The van der Waals surface area contributed by atoms with E-state index in [1.54, 1.807) is 13.8 Å². The van der Waals surface area contributed by atoms with E-state index in [0.717, 1.165) is 5.57 Å². The van der Waals surface area contributed by atoms with E-state index in [0.29, 0.717) is 25.7 Å². The topological polar surface area (TPSA) is 277 Å². The molecule has 0 aromatic rings. The maximum absolute atomic E-state index is 14.8. The Balaban J connectivity index is 1.20. The molecule has 0 spiro atoms. The van der Waals surface area contributed by atoms with E-state index in [-0.39, 0.29) is 36.9 Å². The molecule has 5 fully saturated rings. The van der Waals surface area contributed by atoms with Crippen molar-refractivity contribution >= 4 is 5.78 Å². The Morgan fingerprint density at radius 1 is 0.828 bits per heavy atom. The highest BCUT2D eigenvalue weighted by molar-refractivity contribution is 5.88. The predicted molar refractivity (Wildman–Crippen MR) is 204 cm³/mol. The fourth-order valence-corrected chi connectivity index (χ4v) is 12.5. The van der Waals surface area contributed by atoms with Crippen LogP contribution in [0.5, 0.6) is 0 Å². The molecule has 0 bridgehead atoms. The van der Waals surface area contributed by atoms with Crippen molar-refractivity contribution in [2.24, 2.45) is 39.4 Å². The number of hydrogen-bond acceptors (Lipinski definition) is 16. The van der Waals surface area contributed by atoms with Crippen LogP contribution in [0.25, 0.3) is 0 Å². The monoisotopic (exact) mass is 830 g/mol.